The van der Waals surface area contributed by atoms with E-state index in [0.29, 0.717) is 5.92 Å². The third kappa shape index (κ3) is 3.07. The zero-order valence-corrected chi connectivity index (χ0v) is 10.3. The molecule has 0 aliphatic heterocycles. The lowest BCUT2D eigenvalue weighted by atomic mass is 9.84. The van der Waals surface area contributed by atoms with Gasteiger partial charge in [0.05, 0.1) is 5.60 Å². The van der Waals surface area contributed by atoms with E-state index in [-0.39, 0.29) is 5.92 Å². The molecule has 0 bridgehead atoms. The number of benzene rings is 1. The molecule has 1 nitrogen and oxygen atoms in total. The second kappa shape index (κ2) is 4.89. The first kappa shape index (κ1) is 12.1. The van der Waals surface area contributed by atoms with Gasteiger partial charge in [-0.1, -0.05) is 48.6 Å². The fourth-order valence-corrected chi connectivity index (χ4v) is 2.30. The van der Waals surface area contributed by atoms with Gasteiger partial charge in [0.1, 0.15) is 0 Å². The van der Waals surface area contributed by atoms with Crippen molar-refractivity contribution < 1.29 is 5.11 Å². The van der Waals surface area contributed by atoms with Crippen LogP contribution in [0.1, 0.15) is 25.3 Å². The molecule has 1 saturated carbocycles. The molecule has 0 radical (unpaired) electrons. The van der Waals surface area contributed by atoms with Gasteiger partial charge >= 0.3 is 0 Å². The molecule has 1 heteroatoms. The second-order valence-electron chi connectivity index (χ2n) is 5.07. The molecule has 2 unspecified atom stereocenters. The average Bonchev–Trinajstić information content (AvgIpc) is 3.13. The summed E-state index contributed by atoms with van der Waals surface area (Å²) in [6.45, 7) is 5.72. The topological polar surface area (TPSA) is 20.2 Å². The lowest BCUT2D eigenvalue weighted by molar-refractivity contribution is 0.0586. The van der Waals surface area contributed by atoms with E-state index < -0.39 is 5.60 Å². The molecule has 1 aromatic rings. The van der Waals surface area contributed by atoms with Crippen molar-refractivity contribution in [2.45, 2.75) is 25.4 Å². The van der Waals surface area contributed by atoms with Gasteiger partial charge in [-0.25, -0.2) is 0 Å². The molecule has 1 aliphatic rings. The Labute approximate surface area is 103 Å². The number of rotatable bonds is 5. The Morgan fingerprint density at radius 3 is 2.53 bits per heavy atom. The van der Waals surface area contributed by atoms with Crippen molar-refractivity contribution in [3.8, 4) is 0 Å². The van der Waals surface area contributed by atoms with Crippen molar-refractivity contribution in [3.05, 3.63) is 54.6 Å². The van der Waals surface area contributed by atoms with Crippen LogP contribution in [0.5, 0.6) is 0 Å². The molecule has 0 spiro atoms. The van der Waals surface area contributed by atoms with Crippen LogP contribution in [-0.2, 0) is 0 Å². The maximum atomic E-state index is 10.5. The Kier molecular flexibility index (Phi) is 3.49. The van der Waals surface area contributed by atoms with Crippen LogP contribution in [-0.4, -0.2) is 10.7 Å². The lowest BCUT2D eigenvalue weighted by Crippen LogP contribution is -2.32. The fraction of sp³-hybridized carbons (Fsp3) is 0.375. The normalized spacial score (nSPS) is 21.1. The van der Waals surface area contributed by atoms with Gasteiger partial charge < -0.3 is 5.11 Å². The van der Waals surface area contributed by atoms with Crippen molar-refractivity contribution in [1.82, 2.24) is 0 Å². The molecule has 2 rings (SSSR count). The van der Waals surface area contributed by atoms with Crippen LogP contribution in [0.25, 0.3) is 6.08 Å². The van der Waals surface area contributed by atoms with Crippen molar-refractivity contribution in [1.29, 1.82) is 0 Å². The first-order valence-corrected chi connectivity index (χ1v) is 6.23. The summed E-state index contributed by atoms with van der Waals surface area (Å²) in [7, 11) is 0. The van der Waals surface area contributed by atoms with Crippen LogP contribution in [0, 0.1) is 11.8 Å². The average molecular weight is 228 g/mol. The van der Waals surface area contributed by atoms with Crippen LogP contribution in [0.4, 0.5) is 0 Å². The van der Waals surface area contributed by atoms with E-state index in [2.05, 4.69) is 6.58 Å². The lowest BCUT2D eigenvalue weighted by Gasteiger charge is -2.27. The Hall–Kier alpha value is -1.34. The molecule has 17 heavy (non-hydrogen) atoms. The van der Waals surface area contributed by atoms with Gasteiger partial charge in [-0.15, -0.1) is 6.58 Å². The zero-order valence-electron chi connectivity index (χ0n) is 10.3. The fourth-order valence-electron chi connectivity index (χ4n) is 2.30. The minimum Gasteiger partial charge on any atom is -0.385 e. The monoisotopic (exact) mass is 228 g/mol. The van der Waals surface area contributed by atoms with E-state index in [1.54, 1.807) is 0 Å². The molecule has 1 aliphatic carbocycles. The number of hydrogen-bond acceptors (Lipinski definition) is 1. The summed E-state index contributed by atoms with van der Waals surface area (Å²) in [6, 6.07) is 10.1. The van der Waals surface area contributed by atoms with Crippen LogP contribution in [0.15, 0.2) is 49.1 Å². The molecule has 0 heterocycles. The highest BCUT2D eigenvalue weighted by Crippen LogP contribution is 2.43. The molecule has 2 atom stereocenters. The molecule has 0 aromatic heterocycles. The van der Waals surface area contributed by atoms with Gasteiger partial charge in [0, 0.05) is 5.92 Å². The summed E-state index contributed by atoms with van der Waals surface area (Å²) in [6.07, 6.45) is 8.21. The van der Waals surface area contributed by atoms with E-state index in [0.717, 1.165) is 5.56 Å². The molecule has 90 valence electrons. The highest BCUT2D eigenvalue weighted by Gasteiger charge is 2.39. The van der Waals surface area contributed by atoms with Gasteiger partial charge in [0.15, 0.2) is 0 Å². The Morgan fingerprint density at radius 1 is 1.35 bits per heavy atom. The highest BCUT2D eigenvalue weighted by molar-refractivity contribution is 5.50. The molecule has 0 saturated heterocycles. The summed E-state index contributed by atoms with van der Waals surface area (Å²) >= 11 is 0. The molecule has 1 fully saturated rings. The minimum atomic E-state index is -0.793. The SMILES string of the molecule is C=CC(C1CC1)C(C)(O)/C=C/c1ccccc1. The Balaban J connectivity index is 2.10. The highest BCUT2D eigenvalue weighted by atomic mass is 16.3. The van der Waals surface area contributed by atoms with Gasteiger partial charge in [0.2, 0.25) is 0 Å². The summed E-state index contributed by atoms with van der Waals surface area (Å²) in [5, 5.41) is 10.5. The third-order valence-electron chi connectivity index (χ3n) is 3.47. The van der Waals surface area contributed by atoms with E-state index in [1.165, 1.54) is 12.8 Å². The summed E-state index contributed by atoms with van der Waals surface area (Å²) in [5.41, 5.74) is 0.324. The van der Waals surface area contributed by atoms with Crippen molar-refractivity contribution in [2.24, 2.45) is 11.8 Å². The van der Waals surface area contributed by atoms with E-state index in [9.17, 15) is 5.11 Å². The standard InChI is InChI=1S/C16H20O/c1-3-15(14-9-10-14)16(2,17)12-11-13-7-5-4-6-8-13/h3-8,11-12,14-15,17H,1,9-10H2,2H3/b12-11+. The summed E-state index contributed by atoms with van der Waals surface area (Å²) < 4.78 is 0. The second-order valence-corrected chi connectivity index (χ2v) is 5.07. The molecular formula is C16H20O. The van der Waals surface area contributed by atoms with Crippen molar-refractivity contribution >= 4 is 6.08 Å². The predicted octanol–water partition coefficient (Wildman–Crippen LogP) is 3.66. The van der Waals surface area contributed by atoms with Crippen LogP contribution >= 0.6 is 0 Å². The molecular weight excluding hydrogens is 208 g/mol. The Morgan fingerprint density at radius 2 is 2.00 bits per heavy atom. The van der Waals surface area contributed by atoms with Gasteiger partial charge in [-0.2, -0.15) is 0 Å². The van der Waals surface area contributed by atoms with E-state index >= 15 is 0 Å². The van der Waals surface area contributed by atoms with Gasteiger partial charge in [0.25, 0.3) is 0 Å². The first-order chi connectivity index (χ1) is 8.13. The Bertz CT molecular complexity index is 399. The molecule has 1 aromatic carbocycles. The minimum absolute atomic E-state index is 0.169. The summed E-state index contributed by atoms with van der Waals surface area (Å²) in [4.78, 5) is 0. The maximum absolute atomic E-state index is 10.5. The van der Waals surface area contributed by atoms with Crippen LogP contribution < -0.4 is 0 Å². The number of hydrogen-bond donors (Lipinski definition) is 1. The van der Waals surface area contributed by atoms with E-state index in [1.807, 2.05) is 55.5 Å². The largest absolute Gasteiger partial charge is 0.385 e. The van der Waals surface area contributed by atoms with Crippen molar-refractivity contribution in [3.63, 3.8) is 0 Å². The van der Waals surface area contributed by atoms with E-state index in [4.69, 9.17) is 0 Å². The van der Waals surface area contributed by atoms with Crippen molar-refractivity contribution in [2.75, 3.05) is 0 Å². The smallest absolute Gasteiger partial charge is 0.0867 e. The third-order valence-corrected chi connectivity index (χ3v) is 3.47. The zero-order chi connectivity index (χ0) is 12.3. The predicted molar refractivity (Wildman–Crippen MR) is 72.5 cm³/mol. The van der Waals surface area contributed by atoms with Crippen LogP contribution in [0.3, 0.4) is 0 Å². The molecule has 0 amide bonds. The van der Waals surface area contributed by atoms with Gasteiger partial charge in [-0.3, -0.25) is 0 Å². The molecule has 1 N–H and O–H groups in total. The number of aliphatic hydroxyl groups is 1. The van der Waals surface area contributed by atoms with Gasteiger partial charge in [-0.05, 0) is 31.2 Å². The maximum Gasteiger partial charge on any atom is 0.0867 e. The summed E-state index contributed by atoms with van der Waals surface area (Å²) in [5.74, 6) is 0.783. The first-order valence-electron chi connectivity index (χ1n) is 6.23. The quantitative estimate of drug-likeness (QED) is 0.762. The van der Waals surface area contributed by atoms with Crippen LogP contribution in [0.2, 0.25) is 0 Å².